The standard InChI is InChI=1S/C10H12FN5/c1-6-2-9(8(12)3-7(6)11)13-4-10-14-5-15-16-10/h2-3,5,13H,4,12H2,1H3,(H,14,15,16). The number of hydrogen-bond donors (Lipinski definition) is 3. The summed E-state index contributed by atoms with van der Waals surface area (Å²) in [6, 6.07) is 2.97. The summed E-state index contributed by atoms with van der Waals surface area (Å²) in [5, 5.41) is 9.49. The molecule has 0 saturated carbocycles. The maximum atomic E-state index is 13.1. The normalized spacial score (nSPS) is 10.4. The molecular formula is C10H12FN5. The highest BCUT2D eigenvalue weighted by Gasteiger charge is 2.05. The van der Waals surface area contributed by atoms with Crippen LogP contribution in [0.25, 0.3) is 0 Å². The van der Waals surface area contributed by atoms with Gasteiger partial charge in [-0.2, -0.15) is 5.10 Å². The number of aromatic nitrogens is 3. The molecule has 0 aliphatic rings. The molecule has 1 aromatic carbocycles. The van der Waals surface area contributed by atoms with Crippen LogP contribution >= 0.6 is 0 Å². The number of nitrogens with two attached hydrogens (primary N) is 1. The second kappa shape index (κ2) is 4.18. The van der Waals surface area contributed by atoms with E-state index >= 15 is 0 Å². The Balaban J connectivity index is 2.12. The van der Waals surface area contributed by atoms with Gasteiger partial charge >= 0.3 is 0 Å². The molecule has 1 aromatic heterocycles. The van der Waals surface area contributed by atoms with E-state index in [1.165, 1.54) is 12.4 Å². The summed E-state index contributed by atoms with van der Waals surface area (Å²) in [6.45, 7) is 2.16. The number of H-pyrrole nitrogens is 1. The van der Waals surface area contributed by atoms with Gasteiger partial charge in [-0.05, 0) is 24.6 Å². The van der Waals surface area contributed by atoms with E-state index in [0.717, 1.165) is 0 Å². The summed E-state index contributed by atoms with van der Waals surface area (Å²) in [7, 11) is 0. The molecule has 0 aliphatic heterocycles. The van der Waals surface area contributed by atoms with E-state index < -0.39 is 0 Å². The molecule has 0 spiro atoms. The highest BCUT2D eigenvalue weighted by Crippen LogP contribution is 2.22. The van der Waals surface area contributed by atoms with Crippen molar-refractivity contribution in [2.75, 3.05) is 11.1 Å². The van der Waals surface area contributed by atoms with Gasteiger partial charge in [-0.3, -0.25) is 5.10 Å². The van der Waals surface area contributed by atoms with E-state index in [2.05, 4.69) is 20.5 Å². The minimum Gasteiger partial charge on any atom is -0.397 e. The Morgan fingerprint density at radius 3 is 3.00 bits per heavy atom. The van der Waals surface area contributed by atoms with E-state index in [-0.39, 0.29) is 5.82 Å². The molecule has 2 aromatic rings. The first-order chi connectivity index (χ1) is 7.66. The largest absolute Gasteiger partial charge is 0.397 e. The van der Waals surface area contributed by atoms with Gasteiger partial charge in [0.25, 0.3) is 0 Å². The van der Waals surface area contributed by atoms with Crippen LogP contribution < -0.4 is 11.1 Å². The Morgan fingerprint density at radius 1 is 1.50 bits per heavy atom. The Kier molecular flexibility index (Phi) is 2.72. The second-order valence-electron chi connectivity index (χ2n) is 3.47. The van der Waals surface area contributed by atoms with Gasteiger partial charge in [-0.1, -0.05) is 0 Å². The summed E-state index contributed by atoms with van der Waals surface area (Å²) in [5.41, 5.74) is 7.30. The minimum atomic E-state index is -0.303. The van der Waals surface area contributed by atoms with Gasteiger partial charge in [0.05, 0.1) is 17.9 Å². The van der Waals surface area contributed by atoms with Crippen LogP contribution in [0.5, 0.6) is 0 Å². The van der Waals surface area contributed by atoms with Crippen molar-refractivity contribution in [2.45, 2.75) is 13.5 Å². The molecule has 0 fully saturated rings. The van der Waals surface area contributed by atoms with Gasteiger partial charge in [0, 0.05) is 0 Å². The number of nitrogens with one attached hydrogen (secondary N) is 2. The minimum absolute atomic E-state index is 0.303. The number of nitrogens with zero attached hydrogens (tertiary/aromatic N) is 2. The van der Waals surface area contributed by atoms with Crippen molar-refractivity contribution in [1.29, 1.82) is 0 Å². The first kappa shape index (κ1) is 10.4. The lowest BCUT2D eigenvalue weighted by Crippen LogP contribution is -2.05. The van der Waals surface area contributed by atoms with Crippen molar-refractivity contribution >= 4 is 11.4 Å². The number of aryl methyl sites for hydroxylation is 1. The van der Waals surface area contributed by atoms with Gasteiger partial charge < -0.3 is 11.1 Å². The maximum Gasteiger partial charge on any atom is 0.143 e. The topological polar surface area (TPSA) is 79.6 Å². The number of rotatable bonds is 3. The molecule has 0 unspecified atom stereocenters. The van der Waals surface area contributed by atoms with Crippen LogP contribution in [-0.2, 0) is 6.54 Å². The molecule has 0 saturated heterocycles. The molecule has 5 nitrogen and oxygen atoms in total. The molecule has 0 atom stereocenters. The van der Waals surface area contributed by atoms with Crippen molar-refractivity contribution in [1.82, 2.24) is 15.2 Å². The fourth-order valence-corrected chi connectivity index (χ4v) is 1.34. The van der Waals surface area contributed by atoms with Crippen LogP contribution in [-0.4, -0.2) is 15.2 Å². The van der Waals surface area contributed by atoms with E-state index in [1.807, 2.05) is 0 Å². The zero-order valence-corrected chi connectivity index (χ0v) is 8.79. The second-order valence-corrected chi connectivity index (χ2v) is 3.47. The number of aromatic amines is 1. The lowest BCUT2D eigenvalue weighted by molar-refractivity contribution is 0.619. The smallest absolute Gasteiger partial charge is 0.143 e. The fourth-order valence-electron chi connectivity index (χ4n) is 1.34. The molecular weight excluding hydrogens is 209 g/mol. The lowest BCUT2D eigenvalue weighted by Gasteiger charge is -2.09. The van der Waals surface area contributed by atoms with Gasteiger partial charge in [-0.15, -0.1) is 0 Å². The Hall–Kier alpha value is -2.11. The molecule has 84 valence electrons. The van der Waals surface area contributed by atoms with Gasteiger partial charge in [0.2, 0.25) is 0 Å². The quantitative estimate of drug-likeness (QED) is 0.685. The molecule has 2 rings (SSSR count). The third-order valence-electron chi connectivity index (χ3n) is 2.24. The third kappa shape index (κ3) is 2.10. The Morgan fingerprint density at radius 2 is 2.31 bits per heavy atom. The van der Waals surface area contributed by atoms with E-state index in [0.29, 0.717) is 29.3 Å². The molecule has 1 heterocycles. The molecule has 6 heteroatoms. The van der Waals surface area contributed by atoms with E-state index in [1.54, 1.807) is 13.0 Å². The van der Waals surface area contributed by atoms with Crippen molar-refractivity contribution in [2.24, 2.45) is 0 Å². The first-order valence-electron chi connectivity index (χ1n) is 4.80. The summed E-state index contributed by atoms with van der Waals surface area (Å²) < 4.78 is 13.1. The average Bonchev–Trinajstić information content (AvgIpc) is 2.74. The zero-order chi connectivity index (χ0) is 11.5. The SMILES string of the molecule is Cc1cc(NCc2ncn[nH]2)c(N)cc1F. The van der Waals surface area contributed by atoms with Crippen molar-refractivity contribution < 1.29 is 4.39 Å². The van der Waals surface area contributed by atoms with E-state index in [4.69, 9.17) is 5.73 Å². The predicted molar refractivity (Wildman–Crippen MR) is 59.3 cm³/mol. The fraction of sp³-hybridized carbons (Fsp3) is 0.200. The van der Waals surface area contributed by atoms with Crippen molar-refractivity contribution in [3.05, 3.63) is 35.7 Å². The molecule has 0 aliphatic carbocycles. The van der Waals surface area contributed by atoms with Crippen LogP contribution in [0.15, 0.2) is 18.5 Å². The van der Waals surface area contributed by atoms with Gasteiger partial charge in [-0.25, -0.2) is 9.37 Å². The number of anilines is 2. The summed E-state index contributed by atoms with van der Waals surface area (Å²) >= 11 is 0. The monoisotopic (exact) mass is 221 g/mol. The third-order valence-corrected chi connectivity index (χ3v) is 2.24. The molecule has 16 heavy (non-hydrogen) atoms. The van der Waals surface area contributed by atoms with Crippen molar-refractivity contribution in [3.63, 3.8) is 0 Å². The number of benzene rings is 1. The van der Waals surface area contributed by atoms with Crippen LogP contribution in [0, 0.1) is 12.7 Å². The summed E-state index contributed by atoms with van der Waals surface area (Å²) in [4.78, 5) is 3.96. The first-order valence-corrected chi connectivity index (χ1v) is 4.80. The maximum absolute atomic E-state index is 13.1. The molecule has 0 amide bonds. The van der Waals surface area contributed by atoms with Gasteiger partial charge in [0.1, 0.15) is 18.0 Å². The van der Waals surface area contributed by atoms with Gasteiger partial charge in [0.15, 0.2) is 0 Å². The summed E-state index contributed by atoms with van der Waals surface area (Å²) in [6.07, 6.45) is 1.43. The Bertz CT molecular complexity index is 480. The zero-order valence-electron chi connectivity index (χ0n) is 8.79. The number of hydrogen-bond acceptors (Lipinski definition) is 4. The van der Waals surface area contributed by atoms with E-state index in [9.17, 15) is 4.39 Å². The van der Waals surface area contributed by atoms with Crippen molar-refractivity contribution in [3.8, 4) is 0 Å². The van der Waals surface area contributed by atoms with Crippen LogP contribution in [0.1, 0.15) is 11.4 Å². The highest BCUT2D eigenvalue weighted by molar-refractivity contribution is 5.67. The number of nitrogen functional groups attached to an aromatic ring is 1. The molecule has 0 radical (unpaired) electrons. The number of halogens is 1. The van der Waals surface area contributed by atoms with Crippen LogP contribution in [0.2, 0.25) is 0 Å². The predicted octanol–water partition coefficient (Wildman–Crippen LogP) is 1.45. The molecule has 4 N–H and O–H groups in total. The highest BCUT2D eigenvalue weighted by atomic mass is 19.1. The average molecular weight is 221 g/mol. The summed E-state index contributed by atoms with van der Waals surface area (Å²) in [5.74, 6) is 0.393. The molecule has 0 bridgehead atoms. The van der Waals surface area contributed by atoms with Crippen LogP contribution in [0.3, 0.4) is 0 Å². The van der Waals surface area contributed by atoms with Crippen LogP contribution in [0.4, 0.5) is 15.8 Å². The Labute approximate surface area is 91.9 Å². The lowest BCUT2D eigenvalue weighted by atomic mass is 10.2.